The number of hydrogen-bond acceptors (Lipinski definition) is 8. The molecule has 2 aromatic heterocycles. The molecule has 1 aliphatic heterocycles. The number of carbonyl (C=O) groups is 1. The summed E-state index contributed by atoms with van der Waals surface area (Å²) in [6, 6.07) is 17.3. The van der Waals surface area contributed by atoms with Gasteiger partial charge in [0.25, 0.3) is 0 Å². The molecule has 1 saturated heterocycles. The number of nitrogens with zero attached hydrogens (tertiary/aromatic N) is 4. The zero-order chi connectivity index (χ0) is 22.8. The Balaban J connectivity index is 1.51. The lowest BCUT2D eigenvalue weighted by Crippen LogP contribution is -2.36. The van der Waals surface area contributed by atoms with Crippen LogP contribution in [0, 0.1) is 0 Å². The van der Waals surface area contributed by atoms with E-state index in [1.165, 1.54) is 7.11 Å². The average Bonchev–Trinajstić information content (AvgIpc) is 3.28. The van der Waals surface area contributed by atoms with E-state index < -0.39 is 5.97 Å². The highest BCUT2D eigenvalue weighted by atomic mass is 16.5. The van der Waals surface area contributed by atoms with Crippen LogP contribution in [-0.4, -0.2) is 53.9 Å². The number of carbonyl (C=O) groups excluding carboxylic acids is 1. The minimum absolute atomic E-state index is 0.162. The molecule has 168 valence electrons. The first kappa shape index (κ1) is 20.8. The van der Waals surface area contributed by atoms with Crippen molar-refractivity contribution in [1.29, 1.82) is 0 Å². The lowest BCUT2D eigenvalue weighted by Gasteiger charge is -2.29. The molecule has 0 saturated carbocycles. The number of anilines is 4. The maximum absolute atomic E-state index is 11.9. The third-order valence-corrected chi connectivity index (χ3v) is 5.60. The molecule has 0 aliphatic carbocycles. The normalized spacial score (nSPS) is 13.8. The number of benzene rings is 2. The number of nitrogens with two attached hydrogens (primary N) is 1. The van der Waals surface area contributed by atoms with E-state index in [4.69, 9.17) is 15.2 Å². The molecule has 0 unspecified atom stereocenters. The average molecular weight is 444 g/mol. The van der Waals surface area contributed by atoms with Crippen LogP contribution in [0.5, 0.6) is 0 Å². The fraction of sp³-hybridized carbons (Fsp3) is 0.208. The molecule has 1 aliphatic rings. The fourth-order valence-electron chi connectivity index (χ4n) is 3.99. The van der Waals surface area contributed by atoms with Gasteiger partial charge >= 0.3 is 5.97 Å². The summed E-state index contributed by atoms with van der Waals surface area (Å²) in [6.07, 6.45) is 1.94. The molecule has 9 heteroatoms. The number of morpholine rings is 1. The summed E-state index contributed by atoms with van der Waals surface area (Å²) >= 11 is 0. The van der Waals surface area contributed by atoms with Crippen LogP contribution >= 0.6 is 0 Å². The van der Waals surface area contributed by atoms with Crippen molar-refractivity contribution in [3.63, 3.8) is 0 Å². The molecule has 2 aromatic carbocycles. The van der Waals surface area contributed by atoms with Gasteiger partial charge in [-0.25, -0.2) is 9.78 Å². The van der Waals surface area contributed by atoms with Gasteiger partial charge in [0.05, 0.1) is 31.4 Å². The Bertz CT molecular complexity index is 1300. The van der Waals surface area contributed by atoms with E-state index in [0.717, 1.165) is 43.2 Å². The molecule has 0 amide bonds. The highest BCUT2D eigenvalue weighted by Gasteiger charge is 2.15. The summed E-state index contributed by atoms with van der Waals surface area (Å²) in [7, 11) is 1.36. The minimum atomic E-state index is -0.408. The maximum Gasteiger partial charge on any atom is 0.337 e. The van der Waals surface area contributed by atoms with Gasteiger partial charge in [0.1, 0.15) is 5.52 Å². The number of esters is 1. The first-order chi connectivity index (χ1) is 16.1. The van der Waals surface area contributed by atoms with Crippen molar-refractivity contribution in [2.24, 2.45) is 0 Å². The molecule has 5 rings (SSSR count). The molecule has 1 fully saturated rings. The van der Waals surface area contributed by atoms with E-state index in [2.05, 4.69) is 44.5 Å². The molecule has 3 heterocycles. The van der Waals surface area contributed by atoms with Crippen molar-refractivity contribution in [1.82, 2.24) is 14.5 Å². The first-order valence-electron chi connectivity index (χ1n) is 10.7. The maximum atomic E-state index is 11.9. The van der Waals surface area contributed by atoms with E-state index >= 15 is 0 Å². The van der Waals surface area contributed by atoms with Crippen LogP contribution in [0.3, 0.4) is 0 Å². The smallest absolute Gasteiger partial charge is 0.337 e. The monoisotopic (exact) mass is 444 g/mol. The lowest BCUT2D eigenvalue weighted by atomic mass is 10.2. The molecule has 0 spiro atoms. The zero-order valence-corrected chi connectivity index (χ0v) is 18.2. The summed E-state index contributed by atoms with van der Waals surface area (Å²) in [6.45, 7) is 3.26. The van der Waals surface area contributed by atoms with Crippen LogP contribution in [0.4, 0.5) is 23.1 Å². The Morgan fingerprint density at radius 2 is 1.82 bits per heavy atom. The van der Waals surface area contributed by atoms with E-state index in [1.54, 1.807) is 18.2 Å². The summed E-state index contributed by atoms with van der Waals surface area (Å²) in [5.41, 5.74) is 10.7. The molecule has 0 atom stereocenters. The largest absolute Gasteiger partial charge is 0.465 e. The quantitative estimate of drug-likeness (QED) is 0.451. The molecule has 33 heavy (non-hydrogen) atoms. The van der Waals surface area contributed by atoms with Gasteiger partial charge in [0.15, 0.2) is 5.82 Å². The predicted octanol–water partition coefficient (Wildman–Crippen LogP) is 3.37. The van der Waals surface area contributed by atoms with Crippen molar-refractivity contribution >= 4 is 40.1 Å². The van der Waals surface area contributed by atoms with Gasteiger partial charge in [-0.2, -0.15) is 4.98 Å². The molecular formula is C24H24N6O3. The lowest BCUT2D eigenvalue weighted by molar-refractivity contribution is 0.0601. The van der Waals surface area contributed by atoms with Crippen molar-refractivity contribution in [3.05, 3.63) is 66.4 Å². The van der Waals surface area contributed by atoms with Crippen LogP contribution in [0.15, 0.2) is 60.8 Å². The van der Waals surface area contributed by atoms with Crippen LogP contribution in [0.2, 0.25) is 0 Å². The van der Waals surface area contributed by atoms with Crippen LogP contribution in [-0.2, 0) is 9.47 Å². The first-order valence-corrected chi connectivity index (χ1v) is 10.7. The highest BCUT2D eigenvalue weighted by Crippen LogP contribution is 2.29. The van der Waals surface area contributed by atoms with Crippen molar-refractivity contribution in [2.45, 2.75) is 0 Å². The van der Waals surface area contributed by atoms with E-state index in [1.807, 2.05) is 22.9 Å². The third-order valence-electron chi connectivity index (χ3n) is 5.60. The van der Waals surface area contributed by atoms with Crippen LogP contribution < -0.4 is 16.0 Å². The molecular weight excluding hydrogens is 420 g/mol. The third kappa shape index (κ3) is 4.18. The van der Waals surface area contributed by atoms with E-state index in [0.29, 0.717) is 22.6 Å². The molecule has 0 bridgehead atoms. The Hall–Kier alpha value is -4.11. The second-order valence-electron chi connectivity index (χ2n) is 7.66. The molecule has 4 aromatic rings. The Kier molecular flexibility index (Phi) is 5.54. The van der Waals surface area contributed by atoms with E-state index in [-0.39, 0.29) is 5.95 Å². The van der Waals surface area contributed by atoms with Crippen molar-refractivity contribution in [3.8, 4) is 5.69 Å². The summed E-state index contributed by atoms with van der Waals surface area (Å²) in [4.78, 5) is 23.0. The van der Waals surface area contributed by atoms with Gasteiger partial charge in [-0.15, -0.1) is 0 Å². The number of nitrogens with one attached hydrogen (secondary N) is 1. The summed E-state index contributed by atoms with van der Waals surface area (Å²) in [5, 5.41) is 3.28. The number of ether oxygens (including phenoxy) is 2. The van der Waals surface area contributed by atoms with Crippen molar-refractivity contribution in [2.75, 3.05) is 49.4 Å². The Morgan fingerprint density at radius 3 is 2.58 bits per heavy atom. The summed E-state index contributed by atoms with van der Waals surface area (Å²) in [5.74, 6) is 0.297. The number of fused-ring (bicyclic) bond motifs is 1. The van der Waals surface area contributed by atoms with E-state index in [9.17, 15) is 4.79 Å². The zero-order valence-electron chi connectivity index (χ0n) is 18.2. The predicted molar refractivity (Wildman–Crippen MR) is 127 cm³/mol. The molecule has 0 radical (unpaired) electrons. The summed E-state index contributed by atoms with van der Waals surface area (Å²) < 4.78 is 12.3. The van der Waals surface area contributed by atoms with Crippen molar-refractivity contribution < 1.29 is 14.3 Å². The second-order valence-corrected chi connectivity index (χ2v) is 7.66. The molecule has 3 N–H and O–H groups in total. The second kappa shape index (κ2) is 8.79. The minimum Gasteiger partial charge on any atom is -0.465 e. The SMILES string of the molecule is COC(=O)c1cccc(Nc2nc(N)nc3ccn(-c4ccc(N5CCOCC5)cc4)c23)c1. The fourth-order valence-corrected chi connectivity index (χ4v) is 3.99. The van der Waals surface area contributed by atoms with Gasteiger partial charge in [-0.05, 0) is 48.5 Å². The number of methoxy groups -OCH3 is 1. The molecule has 9 nitrogen and oxygen atoms in total. The Labute approximate surface area is 190 Å². The highest BCUT2D eigenvalue weighted by molar-refractivity contribution is 5.93. The van der Waals surface area contributed by atoms with Gasteiger partial charge < -0.3 is 30.0 Å². The number of aromatic nitrogens is 3. The van der Waals surface area contributed by atoms with Gasteiger partial charge in [0, 0.05) is 36.3 Å². The van der Waals surface area contributed by atoms with Gasteiger partial charge in [-0.3, -0.25) is 0 Å². The topological polar surface area (TPSA) is 108 Å². The number of nitrogen functional groups attached to an aromatic ring is 1. The number of hydrogen-bond donors (Lipinski definition) is 2. The van der Waals surface area contributed by atoms with Crippen LogP contribution in [0.1, 0.15) is 10.4 Å². The van der Waals surface area contributed by atoms with Gasteiger partial charge in [0.2, 0.25) is 5.95 Å². The standard InChI is InChI=1S/C24H24N6O3/c1-32-23(31)16-3-2-4-17(15-16)26-22-21-20(27-24(25)28-22)9-10-30(21)19-7-5-18(6-8-19)29-11-13-33-14-12-29/h2-10,15H,11-14H2,1H3,(H3,25,26,27,28). The van der Waals surface area contributed by atoms with Crippen LogP contribution in [0.25, 0.3) is 16.7 Å². The van der Waals surface area contributed by atoms with Gasteiger partial charge in [-0.1, -0.05) is 6.07 Å². The number of rotatable bonds is 5. The Morgan fingerprint density at radius 1 is 1.06 bits per heavy atom.